The minimum atomic E-state index is -3.39. The summed E-state index contributed by atoms with van der Waals surface area (Å²) in [7, 11) is -3.39. The van der Waals surface area contributed by atoms with E-state index in [1.807, 2.05) is 6.07 Å². The van der Waals surface area contributed by atoms with Gasteiger partial charge >= 0.3 is 0 Å². The molecule has 0 radical (unpaired) electrons. The van der Waals surface area contributed by atoms with Gasteiger partial charge in [-0.3, -0.25) is 0 Å². The lowest BCUT2D eigenvalue weighted by Gasteiger charge is -2.37. The first-order valence-electron chi connectivity index (χ1n) is 8.95. The lowest BCUT2D eigenvalue weighted by Crippen LogP contribution is -2.39. The van der Waals surface area contributed by atoms with Gasteiger partial charge < -0.3 is 10.2 Å². The van der Waals surface area contributed by atoms with Gasteiger partial charge in [-0.25, -0.2) is 13.4 Å². The first kappa shape index (κ1) is 17.7. The molecule has 0 aliphatic carbocycles. The second kappa shape index (κ2) is 6.64. The van der Waals surface area contributed by atoms with Gasteiger partial charge in [-0.05, 0) is 77.1 Å². The highest BCUT2D eigenvalue weighted by Crippen LogP contribution is 2.31. The summed E-state index contributed by atoms with van der Waals surface area (Å²) in [5, 5.41) is 3.64. The van der Waals surface area contributed by atoms with Crippen molar-refractivity contribution >= 4 is 15.5 Å². The van der Waals surface area contributed by atoms with Crippen molar-refractivity contribution in [1.29, 1.82) is 0 Å². The van der Waals surface area contributed by atoms with Crippen LogP contribution in [-0.2, 0) is 9.84 Å². The van der Waals surface area contributed by atoms with Gasteiger partial charge in [0.1, 0.15) is 0 Å². The van der Waals surface area contributed by atoms with Crippen molar-refractivity contribution in [3.63, 3.8) is 0 Å². The fraction of sp³-hybridized carbons (Fsp3) is 0.722. The largest absolute Gasteiger partial charge is 0.370 e. The summed E-state index contributed by atoms with van der Waals surface area (Å²) in [5.41, 5.74) is 1.04. The van der Waals surface area contributed by atoms with E-state index < -0.39 is 14.6 Å². The number of piperidine rings is 1. The smallest absolute Gasteiger partial charge is 0.200 e. The molecule has 3 heterocycles. The lowest BCUT2D eigenvalue weighted by atomic mass is 9.85. The lowest BCUT2D eigenvalue weighted by molar-refractivity contribution is 0.302. The van der Waals surface area contributed by atoms with Crippen LogP contribution in [0.15, 0.2) is 23.4 Å². The average Bonchev–Trinajstić information content (AvgIpc) is 3.08. The molecular weight excluding hydrogens is 322 g/mol. The maximum atomic E-state index is 12.5. The van der Waals surface area contributed by atoms with Gasteiger partial charge in [0.2, 0.25) is 0 Å². The minimum Gasteiger partial charge on any atom is -0.370 e. The van der Waals surface area contributed by atoms with Gasteiger partial charge in [0, 0.05) is 13.1 Å². The summed E-state index contributed by atoms with van der Waals surface area (Å²) in [5.74, 6) is 1.51. The molecule has 0 aromatic carbocycles. The fourth-order valence-corrected chi connectivity index (χ4v) is 4.81. The molecule has 0 bridgehead atoms. The number of rotatable bonds is 3. The second-order valence-corrected chi connectivity index (χ2v) is 10.7. The van der Waals surface area contributed by atoms with Gasteiger partial charge in [0.15, 0.2) is 14.9 Å². The molecule has 2 atom stereocenters. The predicted molar refractivity (Wildman–Crippen MR) is 97.1 cm³/mol. The summed E-state index contributed by atoms with van der Waals surface area (Å²) in [6.07, 6.45) is 5.50. The van der Waals surface area contributed by atoms with E-state index in [-0.39, 0.29) is 5.03 Å². The van der Waals surface area contributed by atoms with Crippen molar-refractivity contribution in [3.8, 4) is 0 Å². The van der Waals surface area contributed by atoms with Gasteiger partial charge in [0.25, 0.3) is 0 Å². The number of sulfone groups is 1. The van der Waals surface area contributed by atoms with Gasteiger partial charge in [-0.2, -0.15) is 0 Å². The summed E-state index contributed by atoms with van der Waals surface area (Å²) in [4.78, 5) is 6.64. The highest BCUT2D eigenvalue weighted by Gasteiger charge is 2.33. The standard InChI is InChI=1S/C18H29N3O2S/c1-18(2,3)24(22,23)17-7-6-16(12-20-17)21-10-4-5-15(13-21)14-8-9-19-11-14/h6-7,12,14-15,19H,4-5,8-11,13H2,1-3H3. The molecule has 0 amide bonds. The van der Waals surface area contributed by atoms with Crippen LogP contribution in [-0.4, -0.2) is 44.3 Å². The number of anilines is 1. The SMILES string of the molecule is CC(C)(C)S(=O)(=O)c1ccc(N2CCCC(C3CCNC3)C2)cn1. The van der Waals surface area contributed by atoms with Crippen LogP contribution in [0, 0.1) is 11.8 Å². The molecule has 2 saturated heterocycles. The predicted octanol–water partition coefficient (Wildman–Crippen LogP) is 2.48. The van der Waals surface area contributed by atoms with E-state index in [1.54, 1.807) is 33.0 Å². The van der Waals surface area contributed by atoms with E-state index in [1.165, 1.54) is 19.3 Å². The molecule has 1 aromatic heterocycles. The Hall–Kier alpha value is -1.14. The first-order chi connectivity index (χ1) is 11.3. The normalized spacial score (nSPS) is 25.9. The number of pyridine rings is 1. The molecule has 3 rings (SSSR count). The van der Waals surface area contributed by atoms with Crippen LogP contribution in [0.5, 0.6) is 0 Å². The number of hydrogen-bond donors (Lipinski definition) is 1. The number of nitrogens with one attached hydrogen (secondary N) is 1. The van der Waals surface area contributed by atoms with E-state index in [0.29, 0.717) is 0 Å². The van der Waals surface area contributed by atoms with E-state index in [0.717, 1.165) is 43.7 Å². The highest BCUT2D eigenvalue weighted by molar-refractivity contribution is 7.92. The third kappa shape index (κ3) is 3.45. The zero-order valence-corrected chi connectivity index (χ0v) is 15.8. The number of hydrogen-bond acceptors (Lipinski definition) is 5. The van der Waals surface area contributed by atoms with E-state index in [2.05, 4.69) is 15.2 Å². The Morgan fingerprint density at radius 1 is 1.21 bits per heavy atom. The Bertz CT molecular complexity index is 658. The van der Waals surface area contributed by atoms with Gasteiger partial charge in [-0.1, -0.05) is 0 Å². The molecule has 2 unspecified atom stereocenters. The summed E-state index contributed by atoms with van der Waals surface area (Å²) in [6.45, 7) is 9.50. The van der Waals surface area contributed by atoms with E-state index in [4.69, 9.17) is 0 Å². The van der Waals surface area contributed by atoms with Crippen LogP contribution in [0.4, 0.5) is 5.69 Å². The molecule has 1 N–H and O–H groups in total. The molecule has 0 spiro atoms. The molecular formula is C18H29N3O2S. The summed E-state index contributed by atoms with van der Waals surface area (Å²) in [6, 6.07) is 3.58. The average molecular weight is 352 g/mol. The Morgan fingerprint density at radius 3 is 2.58 bits per heavy atom. The van der Waals surface area contributed by atoms with Crippen molar-refractivity contribution in [1.82, 2.24) is 10.3 Å². The zero-order valence-electron chi connectivity index (χ0n) is 15.0. The third-order valence-electron chi connectivity index (χ3n) is 5.39. The van der Waals surface area contributed by atoms with Crippen molar-refractivity contribution < 1.29 is 8.42 Å². The molecule has 134 valence electrons. The van der Waals surface area contributed by atoms with Crippen molar-refractivity contribution in [2.75, 3.05) is 31.1 Å². The molecule has 1 aromatic rings. The number of aromatic nitrogens is 1. The Morgan fingerprint density at radius 2 is 2.00 bits per heavy atom. The van der Waals surface area contributed by atoms with Crippen LogP contribution in [0.25, 0.3) is 0 Å². The third-order valence-corrected chi connectivity index (χ3v) is 7.79. The fourth-order valence-electron chi connectivity index (χ4n) is 3.74. The van der Waals surface area contributed by atoms with Gasteiger partial charge in [-0.15, -0.1) is 0 Å². The van der Waals surface area contributed by atoms with Crippen LogP contribution in [0.2, 0.25) is 0 Å². The first-order valence-corrected chi connectivity index (χ1v) is 10.4. The van der Waals surface area contributed by atoms with Gasteiger partial charge in [0.05, 0.1) is 16.6 Å². The van der Waals surface area contributed by atoms with Crippen LogP contribution < -0.4 is 10.2 Å². The van der Waals surface area contributed by atoms with Crippen molar-refractivity contribution in [2.45, 2.75) is 49.8 Å². The molecule has 5 nitrogen and oxygen atoms in total. The summed E-state index contributed by atoms with van der Waals surface area (Å²) < 4.78 is 24.1. The topological polar surface area (TPSA) is 62.3 Å². The monoisotopic (exact) mass is 351 g/mol. The molecule has 2 fully saturated rings. The maximum absolute atomic E-state index is 12.5. The van der Waals surface area contributed by atoms with E-state index in [9.17, 15) is 8.42 Å². The number of nitrogens with zero attached hydrogens (tertiary/aromatic N) is 2. The van der Waals surface area contributed by atoms with Crippen molar-refractivity contribution in [3.05, 3.63) is 18.3 Å². The molecule has 2 aliphatic rings. The van der Waals surface area contributed by atoms with E-state index >= 15 is 0 Å². The highest BCUT2D eigenvalue weighted by atomic mass is 32.2. The molecule has 24 heavy (non-hydrogen) atoms. The Balaban J connectivity index is 1.73. The molecule has 0 saturated carbocycles. The Kier molecular flexibility index (Phi) is 4.89. The quantitative estimate of drug-likeness (QED) is 0.906. The summed E-state index contributed by atoms with van der Waals surface area (Å²) >= 11 is 0. The van der Waals surface area contributed by atoms with Crippen LogP contribution >= 0.6 is 0 Å². The zero-order chi connectivity index (χ0) is 17.4. The Labute approximate surface area is 145 Å². The maximum Gasteiger partial charge on any atom is 0.200 e. The molecule has 2 aliphatic heterocycles. The van der Waals surface area contributed by atoms with Crippen LogP contribution in [0.3, 0.4) is 0 Å². The molecule has 6 heteroatoms. The second-order valence-electron chi connectivity index (χ2n) is 8.07. The minimum absolute atomic E-state index is 0.173. The van der Waals surface area contributed by atoms with Crippen molar-refractivity contribution in [2.24, 2.45) is 11.8 Å². The van der Waals surface area contributed by atoms with Crippen LogP contribution in [0.1, 0.15) is 40.0 Å².